The fourth-order valence-electron chi connectivity index (χ4n) is 2.45. The summed E-state index contributed by atoms with van der Waals surface area (Å²) >= 11 is 0. The van der Waals surface area contributed by atoms with Gasteiger partial charge < -0.3 is 20.5 Å². The van der Waals surface area contributed by atoms with Gasteiger partial charge in [0, 0.05) is 12.1 Å². The zero-order valence-corrected chi connectivity index (χ0v) is 16.0. The average Bonchev–Trinajstić information content (AvgIpc) is 2.67. The number of carbonyl (C=O) groups is 3. The molecule has 0 radical (unpaired) electrons. The van der Waals surface area contributed by atoms with Crippen LogP contribution in [0.15, 0.2) is 42.5 Å². The van der Waals surface area contributed by atoms with Crippen LogP contribution in [0.5, 0.6) is 5.75 Å². The van der Waals surface area contributed by atoms with Gasteiger partial charge in [0.15, 0.2) is 6.61 Å². The van der Waals surface area contributed by atoms with Crippen molar-refractivity contribution in [1.82, 2.24) is 10.6 Å². The number of ether oxygens (including phenoxy) is 1. The predicted octanol–water partition coefficient (Wildman–Crippen LogP) is 1.86. The third-order valence-electron chi connectivity index (χ3n) is 4.20. The smallest absolute Gasteiger partial charge is 0.341 e. The molecule has 2 rings (SSSR count). The molecule has 7 heteroatoms. The lowest BCUT2D eigenvalue weighted by Crippen LogP contribution is -2.37. The van der Waals surface area contributed by atoms with E-state index in [9.17, 15) is 14.4 Å². The third-order valence-corrected chi connectivity index (χ3v) is 4.20. The highest BCUT2D eigenvalue weighted by molar-refractivity contribution is 5.96. The van der Waals surface area contributed by atoms with Crippen LogP contribution in [0, 0.1) is 13.8 Å². The van der Waals surface area contributed by atoms with Gasteiger partial charge in [-0.3, -0.25) is 9.59 Å². The Hall–Kier alpha value is -3.35. The highest BCUT2D eigenvalue weighted by atomic mass is 16.5. The summed E-state index contributed by atoms with van der Waals surface area (Å²) in [5.74, 6) is -1.10. The first-order valence-corrected chi connectivity index (χ1v) is 8.91. The van der Waals surface area contributed by atoms with E-state index in [-0.39, 0.29) is 25.0 Å². The Morgan fingerprint density at radius 1 is 0.964 bits per heavy atom. The van der Waals surface area contributed by atoms with Crippen LogP contribution in [0.1, 0.15) is 27.0 Å². The number of aliphatic carboxylic acids is 1. The first-order valence-electron chi connectivity index (χ1n) is 8.91. The molecule has 7 nitrogen and oxygen atoms in total. The first-order chi connectivity index (χ1) is 13.3. The molecule has 28 heavy (non-hydrogen) atoms. The predicted molar refractivity (Wildman–Crippen MR) is 105 cm³/mol. The number of carboxylic acid groups (broad SMARTS) is 1. The molecule has 0 spiro atoms. The molecule has 0 saturated heterocycles. The fourth-order valence-corrected chi connectivity index (χ4v) is 2.45. The van der Waals surface area contributed by atoms with E-state index in [0.29, 0.717) is 24.3 Å². The van der Waals surface area contributed by atoms with Crippen LogP contribution in [0.4, 0.5) is 0 Å². The number of rotatable bonds is 9. The van der Waals surface area contributed by atoms with E-state index < -0.39 is 5.97 Å². The van der Waals surface area contributed by atoms with Crippen molar-refractivity contribution in [1.29, 1.82) is 0 Å². The Morgan fingerprint density at radius 2 is 1.68 bits per heavy atom. The van der Waals surface area contributed by atoms with Crippen molar-refractivity contribution in [3.63, 3.8) is 0 Å². The van der Waals surface area contributed by atoms with Gasteiger partial charge in [-0.05, 0) is 61.2 Å². The highest BCUT2D eigenvalue weighted by Gasteiger charge is 2.09. The van der Waals surface area contributed by atoms with E-state index in [1.807, 2.05) is 32.0 Å². The summed E-state index contributed by atoms with van der Waals surface area (Å²) in [5, 5.41) is 13.9. The van der Waals surface area contributed by atoms with Gasteiger partial charge in [0.1, 0.15) is 5.75 Å². The zero-order valence-electron chi connectivity index (χ0n) is 16.0. The number of benzene rings is 2. The van der Waals surface area contributed by atoms with Gasteiger partial charge in [-0.1, -0.05) is 18.2 Å². The van der Waals surface area contributed by atoms with Crippen LogP contribution in [0.25, 0.3) is 0 Å². The SMILES string of the molecule is Cc1ccc(C(=O)NCC(=O)NCCc2ccc(OCC(=O)O)cc2)cc1C. The molecule has 3 N–H and O–H groups in total. The Bertz CT molecular complexity index is 846. The van der Waals surface area contributed by atoms with Crippen LogP contribution in [-0.2, 0) is 16.0 Å². The topological polar surface area (TPSA) is 105 Å². The standard InChI is InChI=1S/C21H24N2O5/c1-14-3-6-17(11-15(14)2)21(27)23-12-19(24)22-10-9-16-4-7-18(8-5-16)28-13-20(25)26/h3-8,11H,9-10,12-13H2,1-2H3,(H,22,24)(H,23,27)(H,25,26). The molecule has 0 bridgehead atoms. The van der Waals surface area contributed by atoms with E-state index in [1.165, 1.54) is 0 Å². The molecule has 2 aromatic carbocycles. The van der Waals surface area contributed by atoms with Gasteiger partial charge in [0.25, 0.3) is 5.91 Å². The van der Waals surface area contributed by atoms with E-state index in [2.05, 4.69) is 10.6 Å². The normalized spacial score (nSPS) is 10.2. The van der Waals surface area contributed by atoms with Crippen molar-refractivity contribution in [2.45, 2.75) is 20.3 Å². The van der Waals surface area contributed by atoms with E-state index in [0.717, 1.165) is 16.7 Å². The molecule has 2 amide bonds. The average molecular weight is 384 g/mol. The Morgan fingerprint density at radius 3 is 2.32 bits per heavy atom. The minimum atomic E-state index is -1.03. The van der Waals surface area contributed by atoms with Crippen molar-refractivity contribution in [3.8, 4) is 5.75 Å². The lowest BCUT2D eigenvalue weighted by atomic mass is 10.1. The molecular formula is C21H24N2O5. The van der Waals surface area contributed by atoms with Crippen LogP contribution < -0.4 is 15.4 Å². The summed E-state index contributed by atoms with van der Waals surface area (Å²) in [4.78, 5) is 34.4. The van der Waals surface area contributed by atoms with Crippen LogP contribution in [0.2, 0.25) is 0 Å². The first kappa shape index (κ1) is 21.0. The third kappa shape index (κ3) is 6.75. The summed E-state index contributed by atoms with van der Waals surface area (Å²) < 4.78 is 5.06. The highest BCUT2D eigenvalue weighted by Crippen LogP contribution is 2.12. The molecule has 0 saturated carbocycles. The molecule has 0 aliphatic carbocycles. The molecule has 0 aliphatic rings. The van der Waals surface area contributed by atoms with Crippen LogP contribution in [0.3, 0.4) is 0 Å². The van der Waals surface area contributed by atoms with E-state index >= 15 is 0 Å². The maximum absolute atomic E-state index is 12.1. The van der Waals surface area contributed by atoms with Crippen molar-refractivity contribution in [2.75, 3.05) is 19.7 Å². The zero-order chi connectivity index (χ0) is 20.5. The minimum absolute atomic E-state index is 0.0896. The van der Waals surface area contributed by atoms with E-state index in [4.69, 9.17) is 9.84 Å². The fraction of sp³-hybridized carbons (Fsp3) is 0.286. The number of nitrogens with one attached hydrogen (secondary N) is 2. The minimum Gasteiger partial charge on any atom is -0.482 e. The molecule has 0 unspecified atom stereocenters. The maximum atomic E-state index is 12.1. The van der Waals surface area contributed by atoms with Gasteiger partial charge >= 0.3 is 5.97 Å². The lowest BCUT2D eigenvalue weighted by Gasteiger charge is -2.09. The molecule has 0 fully saturated rings. The van der Waals surface area contributed by atoms with E-state index in [1.54, 1.807) is 24.3 Å². The van der Waals surface area contributed by atoms with Gasteiger partial charge in [-0.15, -0.1) is 0 Å². The van der Waals surface area contributed by atoms with Crippen molar-refractivity contribution < 1.29 is 24.2 Å². The monoisotopic (exact) mass is 384 g/mol. The lowest BCUT2D eigenvalue weighted by molar-refractivity contribution is -0.139. The number of carbonyl (C=O) groups excluding carboxylic acids is 2. The van der Waals surface area contributed by atoms with Crippen molar-refractivity contribution in [2.24, 2.45) is 0 Å². The van der Waals surface area contributed by atoms with Crippen molar-refractivity contribution >= 4 is 17.8 Å². The largest absolute Gasteiger partial charge is 0.482 e. The summed E-state index contributed by atoms with van der Waals surface area (Å²) in [5.41, 5.74) is 3.63. The number of carboxylic acids is 1. The van der Waals surface area contributed by atoms with Crippen LogP contribution >= 0.6 is 0 Å². The quantitative estimate of drug-likeness (QED) is 0.612. The summed E-state index contributed by atoms with van der Waals surface area (Å²) in [6, 6.07) is 12.4. The molecule has 0 aromatic heterocycles. The number of hydrogen-bond donors (Lipinski definition) is 3. The Labute approximate surface area is 163 Å². The number of amides is 2. The van der Waals surface area contributed by atoms with Gasteiger partial charge in [0.05, 0.1) is 6.54 Å². The van der Waals surface area contributed by atoms with Gasteiger partial charge in [-0.2, -0.15) is 0 Å². The summed E-state index contributed by atoms with van der Waals surface area (Å²) in [6.45, 7) is 3.86. The second kappa shape index (κ2) is 10.1. The second-order valence-electron chi connectivity index (χ2n) is 6.41. The van der Waals surface area contributed by atoms with Crippen LogP contribution in [-0.4, -0.2) is 42.6 Å². The molecule has 0 heterocycles. The van der Waals surface area contributed by atoms with Crippen molar-refractivity contribution in [3.05, 3.63) is 64.7 Å². The van der Waals surface area contributed by atoms with Gasteiger partial charge in [-0.25, -0.2) is 4.79 Å². The Kier molecular flexibility index (Phi) is 7.56. The number of aryl methyl sites for hydroxylation is 2. The molecule has 148 valence electrons. The summed E-state index contributed by atoms with van der Waals surface area (Å²) in [6.07, 6.45) is 0.607. The molecule has 0 atom stereocenters. The molecular weight excluding hydrogens is 360 g/mol. The molecule has 2 aromatic rings. The van der Waals surface area contributed by atoms with Gasteiger partial charge in [0.2, 0.25) is 5.91 Å². The molecule has 0 aliphatic heterocycles. The summed E-state index contributed by atoms with van der Waals surface area (Å²) in [7, 11) is 0. The second-order valence-corrected chi connectivity index (χ2v) is 6.41. The Balaban J connectivity index is 1.70. The number of hydrogen-bond acceptors (Lipinski definition) is 4. The maximum Gasteiger partial charge on any atom is 0.341 e.